The van der Waals surface area contributed by atoms with Crippen molar-refractivity contribution in [1.82, 2.24) is 29.3 Å². The van der Waals surface area contributed by atoms with Crippen LogP contribution in [0.25, 0.3) is 11.0 Å². The first kappa shape index (κ1) is 37.1. The molecule has 0 spiro atoms. The molecule has 10 nitrogen and oxygen atoms in total. The van der Waals surface area contributed by atoms with Crippen molar-refractivity contribution < 1.29 is 26.4 Å². The van der Waals surface area contributed by atoms with E-state index in [-0.39, 0.29) is 29.8 Å². The maximum absolute atomic E-state index is 14.2. The van der Waals surface area contributed by atoms with Crippen molar-refractivity contribution in [2.45, 2.75) is 84.5 Å². The third-order valence-corrected chi connectivity index (χ3v) is 12.2. The molecule has 0 aliphatic carbocycles. The summed E-state index contributed by atoms with van der Waals surface area (Å²) < 4.78 is 72.9. The average molecular weight is 734 g/mol. The SMILES string of the molecule is CC[C@H]1Cc2ccc(C(F)(F)F)cc2S(=O)(=O)N(Cc2cc(C(c3ccc4c(nnn4CC)c3C)C(C)(C)C(=O)Nc3cncnc3)ccc2C)C1. The number of hydrogen-bond donors (Lipinski definition) is 1. The number of sulfonamides is 1. The Kier molecular flexibility index (Phi) is 10.0. The Hall–Kier alpha value is -4.69. The van der Waals surface area contributed by atoms with E-state index >= 15 is 0 Å². The minimum Gasteiger partial charge on any atom is -0.323 e. The summed E-state index contributed by atoms with van der Waals surface area (Å²) in [7, 11) is -4.31. The monoisotopic (exact) mass is 733 g/mol. The highest BCUT2D eigenvalue weighted by Gasteiger charge is 2.41. The van der Waals surface area contributed by atoms with Crippen LogP contribution in [-0.2, 0) is 40.5 Å². The van der Waals surface area contributed by atoms with Crippen molar-refractivity contribution in [3.05, 3.63) is 106 Å². The first-order valence-electron chi connectivity index (χ1n) is 17.2. The molecule has 0 fully saturated rings. The molecule has 1 aliphatic heterocycles. The standard InChI is InChI=1S/C38H42F3N7O3S/c1-7-25-15-26-11-12-29(38(39,40)41)17-33(26)52(50,51)47(20-25)21-28-16-27(10-9-23(28)3)34(37(5,6)36(49)44-30-18-42-22-43-19-30)31-13-14-32-35(24(31)4)45-46-48(32)8-2/h9-14,16-19,22,25,34H,7-8,15,20-21H2,1-6H3,(H,44,49)/t25-,34?/m0/s1. The van der Waals surface area contributed by atoms with Crippen LogP contribution in [-0.4, -0.2) is 50.1 Å². The number of carbonyl (C=O) groups excluding carboxylic acids is 1. The molecule has 0 saturated carbocycles. The van der Waals surface area contributed by atoms with Gasteiger partial charge in [0.2, 0.25) is 15.9 Å². The van der Waals surface area contributed by atoms with Crippen LogP contribution in [0, 0.1) is 25.2 Å². The molecule has 5 aromatic rings. The van der Waals surface area contributed by atoms with Crippen molar-refractivity contribution in [3.63, 3.8) is 0 Å². The van der Waals surface area contributed by atoms with E-state index in [9.17, 15) is 26.4 Å². The van der Waals surface area contributed by atoms with E-state index in [0.29, 0.717) is 41.7 Å². The van der Waals surface area contributed by atoms with Crippen LogP contribution in [0.1, 0.15) is 79.0 Å². The molecule has 1 aliphatic rings. The van der Waals surface area contributed by atoms with Gasteiger partial charge in [0.25, 0.3) is 0 Å². The molecule has 2 atom stereocenters. The number of aryl methyl sites for hydroxylation is 3. The van der Waals surface area contributed by atoms with Gasteiger partial charge in [-0.1, -0.05) is 62.7 Å². The quantitative estimate of drug-likeness (QED) is 0.167. The highest BCUT2D eigenvalue weighted by Crippen LogP contribution is 2.45. The number of nitrogens with zero attached hydrogens (tertiary/aromatic N) is 6. The summed E-state index contributed by atoms with van der Waals surface area (Å²) in [6.07, 6.45) is 0.711. The van der Waals surface area contributed by atoms with Gasteiger partial charge in [-0.3, -0.25) is 4.79 Å². The lowest BCUT2D eigenvalue weighted by Crippen LogP contribution is -2.37. The van der Waals surface area contributed by atoms with Gasteiger partial charge in [-0.25, -0.2) is 23.1 Å². The molecule has 0 radical (unpaired) electrons. The van der Waals surface area contributed by atoms with Crippen LogP contribution < -0.4 is 5.32 Å². The molecule has 14 heteroatoms. The number of anilines is 1. The van der Waals surface area contributed by atoms with E-state index in [4.69, 9.17) is 0 Å². The molecular formula is C38H42F3N7O3S. The molecule has 3 aromatic carbocycles. The number of aromatic nitrogens is 5. The van der Waals surface area contributed by atoms with Crippen molar-refractivity contribution in [3.8, 4) is 0 Å². The Balaban J connectivity index is 1.46. The minimum absolute atomic E-state index is 0.0578. The number of halogens is 3. The second-order valence-electron chi connectivity index (χ2n) is 14.1. The van der Waals surface area contributed by atoms with Crippen LogP contribution in [0.5, 0.6) is 0 Å². The maximum atomic E-state index is 14.2. The van der Waals surface area contributed by atoms with Gasteiger partial charge < -0.3 is 5.32 Å². The fraction of sp³-hybridized carbons (Fsp3) is 0.395. The fourth-order valence-corrected chi connectivity index (χ4v) is 8.95. The summed E-state index contributed by atoms with van der Waals surface area (Å²) in [6.45, 7) is 12.2. The molecule has 1 unspecified atom stereocenters. The first-order chi connectivity index (χ1) is 24.6. The third kappa shape index (κ3) is 6.93. The molecule has 52 heavy (non-hydrogen) atoms. The van der Waals surface area contributed by atoms with Crippen LogP contribution >= 0.6 is 0 Å². The van der Waals surface area contributed by atoms with E-state index in [0.717, 1.165) is 39.9 Å². The summed E-state index contributed by atoms with van der Waals surface area (Å²) in [5.74, 6) is -0.935. The average Bonchev–Trinajstić information content (AvgIpc) is 3.49. The highest BCUT2D eigenvalue weighted by atomic mass is 32.2. The van der Waals surface area contributed by atoms with Gasteiger partial charge in [0.1, 0.15) is 11.8 Å². The Morgan fingerprint density at radius 1 is 1.02 bits per heavy atom. The van der Waals surface area contributed by atoms with Crippen molar-refractivity contribution >= 4 is 32.7 Å². The summed E-state index contributed by atoms with van der Waals surface area (Å²) >= 11 is 0. The van der Waals surface area contributed by atoms with Gasteiger partial charge in [-0.2, -0.15) is 17.5 Å². The number of carbonyl (C=O) groups is 1. The molecule has 2 aromatic heterocycles. The molecule has 1 amide bonds. The van der Waals surface area contributed by atoms with Gasteiger partial charge in [0, 0.05) is 25.6 Å². The second-order valence-corrected chi connectivity index (χ2v) is 16.0. The predicted octanol–water partition coefficient (Wildman–Crippen LogP) is 7.45. The normalized spacial score (nSPS) is 17.1. The Morgan fingerprint density at radius 3 is 2.42 bits per heavy atom. The zero-order valence-corrected chi connectivity index (χ0v) is 30.8. The zero-order valence-electron chi connectivity index (χ0n) is 30.0. The third-order valence-electron chi connectivity index (χ3n) is 10.3. The number of hydrogen-bond acceptors (Lipinski definition) is 7. The topological polar surface area (TPSA) is 123 Å². The lowest BCUT2D eigenvalue weighted by molar-refractivity contribution is -0.137. The Labute approximate surface area is 301 Å². The summed E-state index contributed by atoms with van der Waals surface area (Å²) in [5.41, 5.74) is 4.25. The largest absolute Gasteiger partial charge is 0.416 e. The summed E-state index contributed by atoms with van der Waals surface area (Å²) in [5, 5.41) is 11.7. The van der Waals surface area contributed by atoms with E-state index < -0.39 is 33.1 Å². The molecule has 0 bridgehead atoms. The smallest absolute Gasteiger partial charge is 0.323 e. The van der Waals surface area contributed by atoms with Crippen LogP contribution in [0.4, 0.5) is 18.9 Å². The number of amides is 1. The minimum atomic E-state index is -4.69. The molecule has 274 valence electrons. The van der Waals surface area contributed by atoms with Gasteiger partial charge in [-0.05, 0) is 84.7 Å². The number of rotatable bonds is 9. The Morgan fingerprint density at radius 2 is 1.75 bits per heavy atom. The zero-order chi connectivity index (χ0) is 37.6. The Bertz CT molecular complexity index is 2240. The number of nitrogens with one attached hydrogen (secondary N) is 1. The van der Waals surface area contributed by atoms with Crippen molar-refractivity contribution in [2.75, 3.05) is 11.9 Å². The van der Waals surface area contributed by atoms with E-state index in [1.165, 1.54) is 29.1 Å². The fourth-order valence-electron chi connectivity index (χ4n) is 7.20. The lowest BCUT2D eigenvalue weighted by Gasteiger charge is -2.35. The van der Waals surface area contributed by atoms with Crippen LogP contribution in [0.3, 0.4) is 0 Å². The molecule has 1 N–H and O–H groups in total. The second kappa shape index (κ2) is 14.0. The van der Waals surface area contributed by atoms with Gasteiger partial charge in [0.05, 0.1) is 39.5 Å². The molecule has 6 rings (SSSR count). The summed E-state index contributed by atoms with van der Waals surface area (Å²) in [4.78, 5) is 21.9. The van der Waals surface area contributed by atoms with Crippen LogP contribution in [0.15, 0.2) is 72.1 Å². The van der Waals surface area contributed by atoms with Gasteiger partial charge >= 0.3 is 6.18 Å². The highest BCUT2D eigenvalue weighted by molar-refractivity contribution is 7.89. The van der Waals surface area contributed by atoms with E-state index in [1.54, 1.807) is 4.68 Å². The van der Waals surface area contributed by atoms with Gasteiger partial charge in [-0.15, -0.1) is 5.10 Å². The lowest BCUT2D eigenvalue weighted by atomic mass is 9.69. The molecular weight excluding hydrogens is 692 g/mol. The number of fused-ring (bicyclic) bond motifs is 2. The van der Waals surface area contributed by atoms with E-state index in [1.807, 2.05) is 71.9 Å². The number of alkyl halides is 3. The number of benzene rings is 3. The first-order valence-corrected chi connectivity index (χ1v) is 18.7. The molecule has 3 heterocycles. The molecule has 0 saturated heterocycles. The van der Waals surface area contributed by atoms with Crippen LogP contribution in [0.2, 0.25) is 0 Å². The van der Waals surface area contributed by atoms with E-state index in [2.05, 4.69) is 25.6 Å². The predicted molar refractivity (Wildman–Crippen MR) is 192 cm³/mol. The maximum Gasteiger partial charge on any atom is 0.416 e. The van der Waals surface area contributed by atoms with Crippen molar-refractivity contribution in [2.24, 2.45) is 11.3 Å². The summed E-state index contributed by atoms with van der Waals surface area (Å²) in [6, 6.07) is 12.7. The van der Waals surface area contributed by atoms with Crippen molar-refractivity contribution in [1.29, 1.82) is 0 Å². The van der Waals surface area contributed by atoms with Gasteiger partial charge in [0.15, 0.2) is 0 Å².